The fourth-order valence-corrected chi connectivity index (χ4v) is 2.85. The van der Waals surface area contributed by atoms with Crippen LogP contribution in [0.4, 0.5) is 0 Å². The fraction of sp³-hybridized carbons (Fsp3) is 0.615. The highest BCUT2D eigenvalue weighted by atomic mass is 16.6. The SMILES string of the molecule is CC[C@@H]1CC[C@@]2(c3ccccn3)O[C@H]2C1. The van der Waals surface area contributed by atoms with E-state index >= 15 is 0 Å². The van der Waals surface area contributed by atoms with Gasteiger partial charge in [-0.3, -0.25) is 4.98 Å². The normalized spacial score (nSPS) is 38.5. The van der Waals surface area contributed by atoms with E-state index in [-0.39, 0.29) is 5.60 Å². The van der Waals surface area contributed by atoms with Gasteiger partial charge in [0, 0.05) is 6.20 Å². The molecule has 1 aromatic rings. The number of epoxide rings is 1. The van der Waals surface area contributed by atoms with Crippen LogP contribution < -0.4 is 0 Å². The second-order valence-corrected chi connectivity index (χ2v) is 4.76. The van der Waals surface area contributed by atoms with E-state index in [0.717, 1.165) is 18.0 Å². The van der Waals surface area contributed by atoms with Gasteiger partial charge >= 0.3 is 0 Å². The molecule has 0 bridgehead atoms. The van der Waals surface area contributed by atoms with E-state index in [2.05, 4.69) is 24.0 Å². The highest BCUT2D eigenvalue weighted by Gasteiger charge is 2.60. The van der Waals surface area contributed by atoms with E-state index in [1.165, 1.54) is 19.3 Å². The van der Waals surface area contributed by atoms with E-state index in [1.807, 2.05) is 12.3 Å². The summed E-state index contributed by atoms with van der Waals surface area (Å²) >= 11 is 0. The molecule has 1 aliphatic carbocycles. The number of ether oxygens (including phenoxy) is 1. The molecule has 2 nitrogen and oxygen atoms in total. The Bertz CT molecular complexity index is 351. The number of aromatic nitrogens is 1. The average Bonchev–Trinajstić information content (AvgIpc) is 3.04. The minimum Gasteiger partial charge on any atom is -0.359 e. The van der Waals surface area contributed by atoms with Crippen LogP contribution in [-0.4, -0.2) is 11.1 Å². The van der Waals surface area contributed by atoms with E-state index < -0.39 is 0 Å². The minimum atomic E-state index is 0.00688. The van der Waals surface area contributed by atoms with Crippen molar-refractivity contribution in [2.45, 2.75) is 44.3 Å². The van der Waals surface area contributed by atoms with Gasteiger partial charge in [0.15, 0.2) is 0 Å². The minimum absolute atomic E-state index is 0.00688. The van der Waals surface area contributed by atoms with Crippen molar-refractivity contribution in [3.05, 3.63) is 30.1 Å². The first-order valence-corrected chi connectivity index (χ1v) is 5.94. The standard InChI is InChI=1S/C13H17NO/c1-2-10-6-7-13(12(9-10)15-13)11-5-3-4-8-14-11/h3-5,8,10,12H,2,6-7,9H2,1H3/t10-,12+,13+/m1/s1. The zero-order valence-electron chi connectivity index (χ0n) is 9.15. The lowest BCUT2D eigenvalue weighted by atomic mass is 9.79. The summed E-state index contributed by atoms with van der Waals surface area (Å²) in [6.45, 7) is 2.28. The highest BCUT2D eigenvalue weighted by molar-refractivity contribution is 5.23. The van der Waals surface area contributed by atoms with Crippen LogP contribution in [0.2, 0.25) is 0 Å². The molecule has 0 radical (unpaired) electrons. The van der Waals surface area contributed by atoms with Crippen LogP contribution in [0.1, 0.15) is 38.3 Å². The molecule has 1 aliphatic heterocycles. The van der Waals surface area contributed by atoms with Gasteiger partial charge < -0.3 is 4.74 Å². The Balaban J connectivity index is 1.80. The van der Waals surface area contributed by atoms with Crippen molar-refractivity contribution >= 4 is 0 Å². The molecule has 2 heterocycles. The lowest BCUT2D eigenvalue weighted by molar-refractivity contribution is 0.278. The summed E-state index contributed by atoms with van der Waals surface area (Å²) in [5.41, 5.74) is 1.15. The number of rotatable bonds is 2. The molecule has 15 heavy (non-hydrogen) atoms. The molecule has 0 N–H and O–H groups in total. The van der Waals surface area contributed by atoms with Crippen molar-refractivity contribution in [1.82, 2.24) is 4.98 Å². The van der Waals surface area contributed by atoms with Crippen LogP contribution in [0.3, 0.4) is 0 Å². The first-order valence-electron chi connectivity index (χ1n) is 5.94. The molecule has 0 aromatic carbocycles. The van der Waals surface area contributed by atoms with Gasteiger partial charge in [0.2, 0.25) is 0 Å². The molecule has 1 saturated carbocycles. The number of hydrogen-bond donors (Lipinski definition) is 0. The number of pyridine rings is 1. The lowest BCUT2D eigenvalue weighted by Crippen LogP contribution is -2.23. The second kappa shape index (κ2) is 3.31. The first kappa shape index (κ1) is 9.34. The second-order valence-electron chi connectivity index (χ2n) is 4.76. The number of nitrogens with zero attached hydrogens (tertiary/aromatic N) is 1. The van der Waals surface area contributed by atoms with Gasteiger partial charge in [-0.2, -0.15) is 0 Å². The van der Waals surface area contributed by atoms with E-state index in [1.54, 1.807) is 0 Å². The summed E-state index contributed by atoms with van der Waals surface area (Å²) in [5, 5.41) is 0. The summed E-state index contributed by atoms with van der Waals surface area (Å²) < 4.78 is 5.92. The third-order valence-corrected chi connectivity index (χ3v) is 3.96. The quantitative estimate of drug-likeness (QED) is 0.690. The summed E-state index contributed by atoms with van der Waals surface area (Å²) in [5.74, 6) is 0.870. The third-order valence-electron chi connectivity index (χ3n) is 3.96. The Hall–Kier alpha value is -0.890. The molecule has 1 saturated heterocycles. The van der Waals surface area contributed by atoms with E-state index in [4.69, 9.17) is 4.74 Å². The van der Waals surface area contributed by atoms with Gasteiger partial charge in [-0.1, -0.05) is 19.4 Å². The Morgan fingerprint density at radius 1 is 1.53 bits per heavy atom. The number of fused-ring (bicyclic) bond motifs is 1. The topological polar surface area (TPSA) is 25.4 Å². The predicted octanol–water partition coefficient (Wildman–Crippen LogP) is 2.89. The summed E-state index contributed by atoms with van der Waals surface area (Å²) in [7, 11) is 0. The summed E-state index contributed by atoms with van der Waals surface area (Å²) in [6, 6.07) is 6.13. The van der Waals surface area contributed by atoms with Crippen LogP contribution in [0.15, 0.2) is 24.4 Å². The third kappa shape index (κ3) is 1.39. The van der Waals surface area contributed by atoms with Gasteiger partial charge in [0.1, 0.15) is 5.60 Å². The van der Waals surface area contributed by atoms with Crippen molar-refractivity contribution in [3.8, 4) is 0 Å². The molecule has 3 atom stereocenters. The molecular formula is C13H17NO. The van der Waals surface area contributed by atoms with Gasteiger partial charge in [-0.05, 0) is 37.3 Å². The van der Waals surface area contributed by atoms with E-state index in [0.29, 0.717) is 6.10 Å². The maximum absolute atomic E-state index is 5.92. The molecule has 1 aromatic heterocycles. The predicted molar refractivity (Wildman–Crippen MR) is 58.4 cm³/mol. The summed E-state index contributed by atoms with van der Waals surface area (Å²) in [4.78, 5) is 4.44. The molecule has 0 amide bonds. The Morgan fingerprint density at radius 2 is 2.47 bits per heavy atom. The Labute approximate surface area is 90.7 Å². The van der Waals surface area contributed by atoms with Gasteiger partial charge in [-0.15, -0.1) is 0 Å². The average molecular weight is 203 g/mol. The van der Waals surface area contributed by atoms with Crippen LogP contribution in [0.5, 0.6) is 0 Å². The van der Waals surface area contributed by atoms with E-state index in [9.17, 15) is 0 Å². The van der Waals surface area contributed by atoms with Gasteiger partial charge in [-0.25, -0.2) is 0 Å². The maximum atomic E-state index is 5.92. The van der Waals surface area contributed by atoms with Crippen molar-refractivity contribution in [1.29, 1.82) is 0 Å². The first-order chi connectivity index (χ1) is 7.35. The lowest BCUT2D eigenvalue weighted by Gasteiger charge is -2.22. The monoisotopic (exact) mass is 203 g/mol. The van der Waals surface area contributed by atoms with Crippen molar-refractivity contribution in [3.63, 3.8) is 0 Å². The molecule has 0 spiro atoms. The molecule has 80 valence electrons. The van der Waals surface area contributed by atoms with Crippen molar-refractivity contribution < 1.29 is 4.74 Å². The summed E-state index contributed by atoms with van der Waals surface area (Å²) in [6.07, 6.45) is 7.29. The highest BCUT2D eigenvalue weighted by Crippen LogP contribution is 2.56. The van der Waals surface area contributed by atoms with Crippen LogP contribution in [0.25, 0.3) is 0 Å². The van der Waals surface area contributed by atoms with Crippen molar-refractivity contribution in [2.75, 3.05) is 0 Å². The smallest absolute Gasteiger partial charge is 0.136 e. The van der Waals surface area contributed by atoms with Crippen LogP contribution in [0, 0.1) is 5.92 Å². The molecular weight excluding hydrogens is 186 g/mol. The van der Waals surface area contributed by atoms with Crippen LogP contribution >= 0.6 is 0 Å². The maximum Gasteiger partial charge on any atom is 0.136 e. The molecule has 2 heteroatoms. The number of hydrogen-bond acceptors (Lipinski definition) is 2. The largest absolute Gasteiger partial charge is 0.359 e. The fourth-order valence-electron chi connectivity index (χ4n) is 2.85. The molecule has 3 rings (SSSR count). The Morgan fingerprint density at radius 3 is 3.13 bits per heavy atom. The molecule has 0 unspecified atom stereocenters. The van der Waals surface area contributed by atoms with Crippen molar-refractivity contribution in [2.24, 2.45) is 5.92 Å². The zero-order valence-corrected chi connectivity index (χ0v) is 9.15. The van der Waals surface area contributed by atoms with Crippen LogP contribution in [-0.2, 0) is 10.3 Å². The van der Waals surface area contributed by atoms with Gasteiger partial charge in [0.25, 0.3) is 0 Å². The molecule has 2 fully saturated rings. The molecule has 2 aliphatic rings. The zero-order chi connectivity index (χ0) is 10.3. The van der Waals surface area contributed by atoms with Gasteiger partial charge in [0.05, 0.1) is 11.8 Å². The Kier molecular flexibility index (Phi) is 2.06.